The lowest BCUT2D eigenvalue weighted by Gasteiger charge is -2.27. The first-order valence-corrected chi connectivity index (χ1v) is 10.6. The first kappa shape index (κ1) is 23.5. The lowest BCUT2D eigenvalue weighted by Crippen LogP contribution is -2.38. The van der Waals surface area contributed by atoms with E-state index in [1.165, 1.54) is 12.1 Å². The molecule has 170 valence electrons. The molecule has 0 unspecified atom stereocenters. The number of hydrogen-bond acceptors (Lipinski definition) is 6. The molecule has 1 amide bonds. The monoisotopic (exact) mass is 461 g/mol. The fraction of sp³-hybridized carbons (Fsp3) is 0.526. The number of alkyl halides is 3. The largest absolute Gasteiger partial charge is 0.406 e. The third-order valence-electron chi connectivity index (χ3n) is 4.73. The molecular weight excluding hydrogens is 438 g/mol. The maximum absolute atomic E-state index is 13.3. The second kappa shape index (κ2) is 10.4. The summed E-state index contributed by atoms with van der Waals surface area (Å²) >= 11 is 1.03. The molecule has 0 spiro atoms. The van der Waals surface area contributed by atoms with Crippen molar-refractivity contribution in [1.29, 1.82) is 0 Å². The lowest BCUT2D eigenvalue weighted by molar-refractivity contribution is -0.156. The number of morpholine rings is 1. The van der Waals surface area contributed by atoms with E-state index in [1.807, 2.05) is 4.57 Å². The van der Waals surface area contributed by atoms with E-state index in [2.05, 4.69) is 15.1 Å². The van der Waals surface area contributed by atoms with E-state index in [9.17, 15) is 22.4 Å². The summed E-state index contributed by atoms with van der Waals surface area (Å²) in [6.07, 6.45) is -4.46. The van der Waals surface area contributed by atoms with Gasteiger partial charge in [0.2, 0.25) is 5.91 Å². The van der Waals surface area contributed by atoms with Gasteiger partial charge in [-0.2, -0.15) is 13.2 Å². The Labute approximate surface area is 181 Å². The molecular formula is C19H23F4N5O2S. The third kappa shape index (κ3) is 6.91. The van der Waals surface area contributed by atoms with Crippen LogP contribution in [0.25, 0.3) is 11.4 Å². The van der Waals surface area contributed by atoms with Gasteiger partial charge < -0.3 is 14.2 Å². The first-order chi connectivity index (χ1) is 14.7. The van der Waals surface area contributed by atoms with Gasteiger partial charge in [-0.25, -0.2) is 4.39 Å². The molecule has 0 radical (unpaired) electrons. The second-order valence-corrected chi connectivity index (χ2v) is 8.01. The normalized spacial score (nSPS) is 15.3. The summed E-state index contributed by atoms with van der Waals surface area (Å²) in [5.74, 6) is -0.734. The van der Waals surface area contributed by atoms with Crippen LogP contribution in [0.5, 0.6) is 0 Å². The topological polar surface area (TPSA) is 63.5 Å². The van der Waals surface area contributed by atoms with E-state index in [1.54, 1.807) is 12.1 Å². The van der Waals surface area contributed by atoms with E-state index >= 15 is 0 Å². The van der Waals surface area contributed by atoms with Crippen LogP contribution in [0.2, 0.25) is 0 Å². The highest BCUT2D eigenvalue weighted by atomic mass is 32.2. The number of thioether (sulfide) groups is 1. The van der Waals surface area contributed by atoms with Crippen LogP contribution in [-0.2, 0) is 16.1 Å². The van der Waals surface area contributed by atoms with Gasteiger partial charge >= 0.3 is 6.18 Å². The van der Waals surface area contributed by atoms with Crippen molar-refractivity contribution < 1.29 is 27.1 Å². The molecule has 0 saturated carbocycles. The molecule has 0 aliphatic carbocycles. The molecule has 7 nitrogen and oxygen atoms in total. The van der Waals surface area contributed by atoms with Crippen LogP contribution in [0.3, 0.4) is 0 Å². The zero-order valence-corrected chi connectivity index (χ0v) is 17.8. The van der Waals surface area contributed by atoms with Crippen molar-refractivity contribution >= 4 is 17.7 Å². The van der Waals surface area contributed by atoms with Crippen LogP contribution in [0.15, 0.2) is 29.4 Å². The number of ether oxygens (including phenoxy) is 1. The number of aromatic nitrogens is 3. The highest BCUT2D eigenvalue weighted by Crippen LogP contribution is 2.25. The van der Waals surface area contributed by atoms with Crippen LogP contribution in [-0.4, -0.2) is 88.8 Å². The summed E-state index contributed by atoms with van der Waals surface area (Å²) in [4.78, 5) is 15.0. The van der Waals surface area contributed by atoms with Gasteiger partial charge in [0.25, 0.3) is 0 Å². The Morgan fingerprint density at radius 2 is 1.84 bits per heavy atom. The predicted molar refractivity (Wildman–Crippen MR) is 107 cm³/mol. The zero-order valence-electron chi connectivity index (χ0n) is 16.9. The molecule has 1 aromatic heterocycles. The Bertz CT molecular complexity index is 869. The van der Waals surface area contributed by atoms with Gasteiger partial charge in [0.1, 0.15) is 12.4 Å². The number of benzene rings is 1. The second-order valence-electron chi connectivity index (χ2n) is 7.07. The van der Waals surface area contributed by atoms with Gasteiger partial charge in [0, 0.05) is 38.8 Å². The van der Waals surface area contributed by atoms with Crippen molar-refractivity contribution in [1.82, 2.24) is 24.6 Å². The number of rotatable bonds is 8. The summed E-state index contributed by atoms with van der Waals surface area (Å²) in [6.45, 7) is 2.76. The minimum Gasteiger partial charge on any atom is -0.379 e. The van der Waals surface area contributed by atoms with Gasteiger partial charge in [0.05, 0.1) is 19.0 Å². The Hall–Kier alpha value is -2.18. The van der Waals surface area contributed by atoms with Gasteiger partial charge in [-0.1, -0.05) is 11.8 Å². The van der Waals surface area contributed by atoms with E-state index in [4.69, 9.17) is 4.74 Å². The molecule has 1 saturated heterocycles. The van der Waals surface area contributed by atoms with Crippen LogP contribution < -0.4 is 0 Å². The van der Waals surface area contributed by atoms with Crippen molar-refractivity contribution in [3.8, 4) is 11.4 Å². The van der Waals surface area contributed by atoms with Crippen LogP contribution in [0.1, 0.15) is 0 Å². The molecule has 12 heteroatoms. The van der Waals surface area contributed by atoms with Crippen molar-refractivity contribution in [2.75, 3.05) is 52.2 Å². The van der Waals surface area contributed by atoms with Crippen molar-refractivity contribution in [2.45, 2.75) is 17.9 Å². The molecule has 0 bridgehead atoms. The van der Waals surface area contributed by atoms with Crippen LogP contribution in [0.4, 0.5) is 17.6 Å². The molecule has 1 fully saturated rings. The average Bonchev–Trinajstić information content (AvgIpc) is 3.13. The summed E-state index contributed by atoms with van der Waals surface area (Å²) in [5.41, 5.74) is 0.656. The highest BCUT2D eigenvalue weighted by Gasteiger charge is 2.31. The van der Waals surface area contributed by atoms with Crippen LogP contribution in [0, 0.1) is 5.82 Å². The molecule has 1 aromatic carbocycles. The summed E-state index contributed by atoms with van der Waals surface area (Å²) in [5, 5.41) is 8.73. The predicted octanol–water partition coefficient (Wildman–Crippen LogP) is 2.53. The quantitative estimate of drug-likeness (QED) is 0.445. The van der Waals surface area contributed by atoms with Gasteiger partial charge in [-0.3, -0.25) is 9.69 Å². The molecule has 31 heavy (non-hydrogen) atoms. The van der Waals surface area contributed by atoms with Gasteiger partial charge in [-0.15, -0.1) is 10.2 Å². The fourth-order valence-electron chi connectivity index (χ4n) is 3.07. The van der Waals surface area contributed by atoms with E-state index in [0.717, 1.165) is 31.9 Å². The summed E-state index contributed by atoms with van der Waals surface area (Å²) < 4.78 is 58.0. The number of hydrogen-bond donors (Lipinski definition) is 0. The maximum atomic E-state index is 13.3. The minimum atomic E-state index is -4.46. The number of carbonyl (C=O) groups excluding carboxylic acids is 1. The van der Waals surface area contributed by atoms with E-state index in [-0.39, 0.29) is 11.6 Å². The lowest BCUT2D eigenvalue weighted by atomic mass is 10.2. The Morgan fingerprint density at radius 1 is 1.16 bits per heavy atom. The van der Waals surface area contributed by atoms with Crippen molar-refractivity contribution in [3.05, 3.63) is 30.1 Å². The van der Waals surface area contributed by atoms with Gasteiger partial charge in [-0.05, 0) is 24.3 Å². The van der Waals surface area contributed by atoms with E-state index in [0.29, 0.717) is 47.7 Å². The molecule has 1 aliphatic rings. The molecule has 2 heterocycles. The van der Waals surface area contributed by atoms with Crippen LogP contribution >= 0.6 is 11.8 Å². The smallest absolute Gasteiger partial charge is 0.379 e. The summed E-state index contributed by atoms with van der Waals surface area (Å²) in [6, 6.07) is 5.81. The van der Waals surface area contributed by atoms with Gasteiger partial charge in [0.15, 0.2) is 11.0 Å². The Morgan fingerprint density at radius 3 is 2.48 bits per heavy atom. The number of carbonyl (C=O) groups is 1. The van der Waals surface area contributed by atoms with Crippen molar-refractivity contribution in [2.24, 2.45) is 0 Å². The number of halogens is 4. The maximum Gasteiger partial charge on any atom is 0.406 e. The Kier molecular flexibility index (Phi) is 7.89. The zero-order chi connectivity index (χ0) is 22.4. The first-order valence-electron chi connectivity index (χ1n) is 9.66. The molecule has 0 N–H and O–H groups in total. The fourth-order valence-corrected chi connectivity index (χ4v) is 3.97. The van der Waals surface area contributed by atoms with E-state index < -0.39 is 18.6 Å². The third-order valence-corrected chi connectivity index (χ3v) is 5.68. The molecule has 0 atom stereocenters. The average molecular weight is 461 g/mol. The summed E-state index contributed by atoms with van der Waals surface area (Å²) in [7, 11) is 1.11. The molecule has 1 aliphatic heterocycles. The SMILES string of the molecule is CN(CC(F)(F)F)C(=O)CSc1nnc(-c2ccc(F)cc2)n1CCN1CCOCC1. The standard InChI is InChI=1S/C19H23F4N5O2S/c1-26(13-19(21,22)23)16(29)12-31-18-25-24-17(14-2-4-15(20)5-3-14)28(18)7-6-27-8-10-30-11-9-27/h2-5H,6-13H2,1H3. The molecule has 2 aromatic rings. The minimum absolute atomic E-state index is 0.203. The highest BCUT2D eigenvalue weighted by molar-refractivity contribution is 7.99. The molecule has 3 rings (SSSR count). The number of nitrogens with zero attached hydrogens (tertiary/aromatic N) is 5. The number of amides is 1. The Balaban J connectivity index is 1.73. The van der Waals surface area contributed by atoms with Crippen molar-refractivity contribution in [3.63, 3.8) is 0 Å².